The lowest BCUT2D eigenvalue weighted by Gasteiger charge is -2.12. The van der Waals surface area contributed by atoms with E-state index in [1.165, 1.54) is 18.2 Å². The highest BCUT2D eigenvalue weighted by molar-refractivity contribution is 6.05. The maximum atomic E-state index is 12.2. The van der Waals surface area contributed by atoms with Crippen LogP contribution in [0.3, 0.4) is 0 Å². The van der Waals surface area contributed by atoms with Crippen molar-refractivity contribution in [1.29, 1.82) is 0 Å². The van der Waals surface area contributed by atoms with Crippen LogP contribution in [-0.4, -0.2) is 30.1 Å². The fourth-order valence-corrected chi connectivity index (χ4v) is 1.98. The number of carbonyl (C=O) groups excluding carboxylic acids is 1. The molecule has 7 nitrogen and oxygen atoms in total. The number of hydrogen-bond donors (Lipinski definition) is 1. The summed E-state index contributed by atoms with van der Waals surface area (Å²) in [5.41, 5.74) is 0.766. The number of nitro groups is 1. The molecule has 118 valence electrons. The Hall–Kier alpha value is -2.93. The lowest BCUT2D eigenvalue weighted by molar-refractivity contribution is -0.384. The third-order valence-electron chi connectivity index (χ3n) is 3.29. The maximum Gasteiger partial charge on any atom is 0.273 e. The number of benzene rings is 2. The Morgan fingerprint density at radius 1 is 1.30 bits per heavy atom. The number of carbonyl (C=O) groups is 1. The maximum absolute atomic E-state index is 12.2. The van der Waals surface area contributed by atoms with Crippen molar-refractivity contribution in [2.45, 2.75) is 6.10 Å². The summed E-state index contributed by atoms with van der Waals surface area (Å²) in [5, 5.41) is 13.6. The molecular weight excluding hydrogens is 300 g/mol. The number of anilines is 1. The Bertz CT molecular complexity index is 729. The topological polar surface area (TPSA) is 94.0 Å². The van der Waals surface area contributed by atoms with Crippen LogP contribution in [0.25, 0.3) is 0 Å². The molecular formula is C16H14N2O5. The van der Waals surface area contributed by atoms with Gasteiger partial charge in [-0.25, -0.2) is 0 Å². The first kappa shape index (κ1) is 15.0. The highest BCUT2D eigenvalue weighted by Crippen LogP contribution is 2.30. The Balaban J connectivity index is 1.81. The van der Waals surface area contributed by atoms with Gasteiger partial charge in [-0.1, -0.05) is 18.2 Å². The van der Waals surface area contributed by atoms with Crippen molar-refractivity contribution in [2.75, 3.05) is 18.5 Å². The molecule has 1 unspecified atom stereocenters. The predicted octanol–water partition coefficient (Wildman–Crippen LogP) is 2.62. The molecule has 2 aromatic rings. The second-order valence-electron chi connectivity index (χ2n) is 5.02. The average molecular weight is 314 g/mol. The van der Waals surface area contributed by atoms with Gasteiger partial charge in [0.1, 0.15) is 18.5 Å². The molecule has 3 rings (SSSR count). The van der Waals surface area contributed by atoms with Gasteiger partial charge in [0.05, 0.1) is 23.3 Å². The Kier molecular flexibility index (Phi) is 4.20. The van der Waals surface area contributed by atoms with E-state index in [1.54, 1.807) is 24.3 Å². The summed E-state index contributed by atoms with van der Waals surface area (Å²) in [5.74, 6) is -0.0639. The number of nitrogens with zero attached hydrogens (tertiary/aromatic N) is 1. The van der Waals surface area contributed by atoms with Crippen molar-refractivity contribution in [3.63, 3.8) is 0 Å². The van der Waals surface area contributed by atoms with Gasteiger partial charge in [0.2, 0.25) is 0 Å². The highest BCUT2D eigenvalue weighted by Gasteiger charge is 2.24. The summed E-state index contributed by atoms with van der Waals surface area (Å²) in [4.78, 5) is 22.6. The summed E-state index contributed by atoms with van der Waals surface area (Å²) >= 11 is 0. The monoisotopic (exact) mass is 314 g/mol. The molecule has 0 aromatic heterocycles. The molecule has 0 aliphatic carbocycles. The van der Waals surface area contributed by atoms with Gasteiger partial charge in [-0.05, 0) is 18.2 Å². The van der Waals surface area contributed by atoms with Crippen LogP contribution in [0.4, 0.5) is 11.4 Å². The summed E-state index contributed by atoms with van der Waals surface area (Å²) in [6.45, 7) is 0.899. The first-order valence-corrected chi connectivity index (χ1v) is 7.03. The van der Waals surface area contributed by atoms with E-state index in [2.05, 4.69) is 5.32 Å². The molecule has 0 bridgehead atoms. The van der Waals surface area contributed by atoms with E-state index in [0.29, 0.717) is 17.9 Å². The number of hydrogen-bond acceptors (Lipinski definition) is 5. The van der Waals surface area contributed by atoms with E-state index in [9.17, 15) is 14.9 Å². The first-order valence-electron chi connectivity index (χ1n) is 7.03. The van der Waals surface area contributed by atoms with Crippen LogP contribution in [-0.2, 0) is 4.74 Å². The minimum Gasteiger partial charge on any atom is -0.488 e. The van der Waals surface area contributed by atoms with Crippen LogP contribution >= 0.6 is 0 Å². The van der Waals surface area contributed by atoms with Crippen molar-refractivity contribution in [3.8, 4) is 5.75 Å². The molecule has 23 heavy (non-hydrogen) atoms. The standard InChI is InChI=1S/C16H14N2O5/c19-16(11-4-2-1-3-5-11)17-14-7-6-12(18(20)21)8-15(14)23-10-13-9-22-13/h1-8,13H,9-10H2,(H,17,19). The minimum absolute atomic E-state index is 0.00642. The van der Waals surface area contributed by atoms with Gasteiger partial charge in [0.25, 0.3) is 11.6 Å². The smallest absolute Gasteiger partial charge is 0.273 e. The third kappa shape index (κ3) is 3.83. The average Bonchev–Trinajstić information content (AvgIpc) is 3.38. The van der Waals surface area contributed by atoms with Gasteiger partial charge in [-0.3, -0.25) is 14.9 Å². The van der Waals surface area contributed by atoms with Crippen LogP contribution in [0.15, 0.2) is 48.5 Å². The fraction of sp³-hybridized carbons (Fsp3) is 0.188. The molecule has 1 aliphatic heterocycles. The lowest BCUT2D eigenvalue weighted by atomic mass is 10.2. The lowest BCUT2D eigenvalue weighted by Crippen LogP contribution is -2.14. The van der Waals surface area contributed by atoms with Gasteiger partial charge in [-0.15, -0.1) is 0 Å². The third-order valence-corrected chi connectivity index (χ3v) is 3.29. The van der Waals surface area contributed by atoms with Gasteiger partial charge in [0, 0.05) is 11.6 Å². The predicted molar refractivity (Wildman–Crippen MR) is 82.7 cm³/mol. The van der Waals surface area contributed by atoms with Crippen molar-refractivity contribution >= 4 is 17.3 Å². The molecule has 2 aromatic carbocycles. The molecule has 1 N–H and O–H groups in total. The molecule has 0 saturated carbocycles. The fourth-order valence-electron chi connectivity index (χ4n) is 1.98. The molecule has 1 atom stereocenters. The SMILES string of the molecule is O=C(Nc1ccc([N+](=O)[O-])cc1OCC1CO1)c1ccccc1. The minimum atomic E-state index is -0.511. The number of epoxide rings is 1. The van der Waals surface area contributed by atoms with Crippen molar-refractivity contribution in [1.82, 2.24) is 0 Å². The number of nitro benzene ring substituents is 1. The Labute approximate surface area is 132 Å². The van der Waals surface area contributed by atoms with Crippen LogP contribution in [0, 0.1) is 10.1 Å². The number of nitrogens with one attached hydrogen (secondary N) is 1. The summed E-state index contributed by atoms with van der Waals surface area (Å²) < 4.78 is 10.6. The van der Waals surface area contributed by atoms with E-state index >= 15 is 0 Å². The van der Waals surface area contributed by atoms with Crippen LogP contribution < -0.4 is 10.1 Å². The zero-order valence-electron chi connectivity index (χ0n) is 12.1. The van der Waals surface area contributed by atoms with Gasteiger partial charge >= 0.3 is 0 Å². The van der Waals surface area contributed by atoms with Crippen LogP contribution in [0.5, 0.6) is 5.75 Å². The van der Waals surface area contributed by atoms with Gasteiger partial charge in [-0.2, -0.15) is 0 Å². The van der Waals surface area contributed by atoms with E-state index in [-0.39, 0.29) is 30.1 Å². The van der Waals surface area contributed by atoms with Gasteiger partial charge < -0.3 is 14.8 Å². The quantitative estimate of drug-likeness (QED) is 0.502. The molecule has 1 fully saturated rings. The van der Waals surface area contributed by atoms with E-state index < -0.39 is 4.92 Å². The molecule has 7 heteroatoms. The molecule has 1 aliphatic rings. The number of amides is 1. The molecule has 0 radical (unpaired) electrons. The van der Waals surface area contributed by atoms with Crippen molar-refractivity contribution in [3.05, 3.63) is 64.2 Å². The summed E-state index contributed by atoms with van der Waals surface area (Å²) in [7, 11) is 0. The molecule has 1 amide bonds. The number of rotatable bonds is 6. The van der Waals surface area contributed by atoms with E-state index in [4.69, 9.17) is 9.47 Å². The summed E-state index contributed by atoms with van der Waals surface area (Å²) in [6, 6.07) is 12.8. The van der Waals surface area contributed by atoms with Crippen molar-refractivity contribution in [2.24, 2.45) is 0 Å². The first-order chi connectivity index (χ1) is 11.1. The van der Waals surface area contributed by atoms with Crippen LogP contribution in [0.2, 0.25) is 0 Å². The summed E-state index contributed by atoms with van der Waals surface area (Å²) in [6.07, 6.45) is 0.00642. The van der Waals surface area contributed by atoms with Crippen LogP contribution in [0.1, 0.15) is 10.4 Å². The normalized spacial score (nSPS) is 15.7. The Morgan fingerprint density at radius 2 is 2.04 bits per heavy atom. The number of ether oxygens (including phenoxy) is 2. The Morgan fingerprint density at radius 3 is 2.70 bits per heavy atom. The second-order valence-corrected chi connectivity index (χ2v) is 5.02. The van der Waals surface area contributed by atoms with E-state index in [0.717, 1.165) is 0 Å². The molecule has 1 heterocycles. The second kappa shape index (κ2) is 6.45. The van der Waals surface area contributed by atoms with Crippen molar-refractivity contribution < 1.29 is 19.2 Å². The largest absolute Gasteiger partial charge is 0.488 e. The highest BCUT2D eigenvalue weighted by atomic mass is 16.6. The molecule has 1 saturated heterocycles. The van der Waals surface area contributed by atoms with E-state index in [1.807, 2.05) is 6.07 Å². The number of non-ortho nitro benzene ring substituents is 1. The van der Waals surface area contributed by atoms with Gasteiger partial charge in [0.15, 0.2) is 0 Å². The zero-order valence-corrected chi connectivity index (χ0v) is 12.1. The molecule has 0 spiro atoms. The zero-order chi connectivity index (χ0) is 16.2.